The number of carbonyl (C=O) groups excluding carboxylic acids is 2. The molecule has 6 heteroatoms. The average Bonchev–Trinajstić information content (AvgIpc) is 2.35. The van der Waals surface area contributed by atoms with E-state index in [4.69, 9.17) is 10.5 Å². The van der Waals surface area contributed by atoms with Crippen LogP contribution in [0.3, 0.4) is 0 Å². The summed E-state index contributed by atoms with van der Waals surface area (Å²) in [6, 6.07) is 0. The fourth-order valence-electron chi connectivity index (χ4n) is 3.17. The molecule has 0 heterocycles. The number of esters is 1. The van der Waals surface area contributed by atoms with Crippen molar-refractivity contribution in [3.8, 4) is 0 Å². The Morgan fingerprint density at radius 2 is 1.89 bits per heavy atom. The lowest BCUT2D eigenvalue weighted by Gasteiger charge is -2.47. The standard InChI is InChI=1S/C13H24N2O4/c1-12(2)5-9(10(16)18-3)6-13(7-12,8-14)15-11(17)19-4/h9H,5-8,14H2,1-4H3,(H,15,17). The zero-order valence-electron chi connectivity index (χ0n) is 12.1. The molecule has 6 nitrogen and oxygen atoms in total. The second kappa shape index (κ2) is 5.77. The highest BCUT2D eigenvalue weighted by Crippen LogP contribution is 2.44. The summed E-state index contributed by atoms with van der Waals surface area (Å²) in [6.07, 6.45) is 1.39. The lowest BCUT2D eigenvalue weighted by atomic mass is 9.64. The van der Waals surface area contributed by atoms with Crippen molar-refractivity contribution < 1.29 is 19.1 Å². The third-order valence-electron chi connectivity index (χ3n) is 3.73. The quantitative estimate of drug-likeness (QED) is 0.749. The summed E-state index contributed by atoms with van der Waals surface area (Å²) in [5, 5.41) is 2.80. The van der Waals surface area contributed by atoms with Crippen molar-refractivity contribution in [1.29, 1.82) is 0 Å². The molecular formula is C13H24N2O4. The van der Waals surface area contributed by atoms with Gasteiger partial charge in [-0.15, -0.1) is 0 Å². The molecule has 1 aliphatic rings. The molecule has 1 saturated carbocycles. The lowest BCUT2D eigenvalue weighted by molar-refractivity contribution is -0.149. The van der Waals surface area contributed by atoms with E-state index in [0.717, 1.165) is 6.42 Å². The number of hydrogen-bond donors (Lipinski definition) is 2. The van der Waals surface area contributed by atoms with Crippen molar-refractivity contribution in [1.82, 2.24) is 5.32 Å². The van der Waals surface area contributed by atoms with Crippen LogP contribution in [0, 0.1) is 11.3 Å². The Labute approximate surface area is 114 Å². The Bertz CT molecular complexity index is 357. The highest BCUT2D eigenvalue weighted by Gasteiger charge is 2.47. The smallest absolute Gasteiger partial charge is 0.407 e. The number of rotatable bonds is 3. The summed E-state index contributed by atoms with van der Waals surface area (Å²) in [4.78, 5) is 23.3. The molecule has 0 radical (unpaired) electrons. The Hall–Kier alpha value is -1.30. The Morgan fingerprint density at radius 1 is 1.26 bits per heavy atom. The van der Waals surface area contributed by atoms with Crippen LogP contribution in [0.1, 0.15) is 33.1 Å². The molecule has 0 aromatic heterocycles. The van der Waals surface area contributed by atoms with Gasteiger partial charge in [0.25, 0.3) is 0 Å². The first-order valence-electron chi connectivity index (χ1n) is 6.41. The van der Waals surface area contributed by atoms with E-state index in [1.165, 1.54) is 14.2 Å². The first-order valence-corrected chi connectivity index (χ1v) is 6.41. The predicted octanol–water partition coefficient (Wildman–Crippen LogP) is 1.04. The second-order valence-corrected chi connectivity index (χ2v) is 6.07. The van der Waals surface area contributed by atoms with Crippen LogP contribution < -0.4 is 11.1 Å². The number of hydrogen-bond acceptors (Lipinski definition) is 5. The summed E-state index contributed by atoms with van der Waals surface area (Å²) in [5.41, 5.74) is 5.13. The number of nitrogens with one attached hydrogen (secondary N) is 1. The SMILES string of the molecule is COC(=O)NC1(CN)CC(C(=O)OC)CC(C)(C)C1. The third-order valence-corrected chi connectivity index (χ3v) is 3.73. The van der Waals surface area contributed by atoms with Crippen molar-refractivity contribution in [3.63, 3.8) is 0 Å². The summed E-state index contributed by atoms with van der Waals surface area (Å²) in [5.74, 6) is -0.508. The molecule has 0 spiro atoms. The van der Waals surface area contributed by atoms with Crippen LogP contribution >= 0.6 is 0 Å². The van der Waals surface area contributed by atoms with E-state index in [1.807, 2.05) is 0 Å². The van der Waals surface area contributed by atoms with Crippen molar-refractivity contribution in [2.24, 2.45) is 17.1 Å². The van der Waals surface area contributed by atoms with Gasteiger partial charge in [-0.05, 0) is 24.7 Å². The summed E-state index contributed by atoms with van der Waals surface area (Å²) >= 11 is 0. The van der Waals surface area contributed by atoms with E-state index in [2.05, 4.69) is 23.9 Å². The maximum Gasteiger partial charge on any atom is 0.407 e. The van der Waals surface area contributed by atoms with Gasteiger partial charge < -0.3 is 20.5 Å². The van der Waals surface area contributed by atoms with Gasteiger partial charge in [-0.3, -0.25) is 4.79 Å². The number of alkyl carbamates (subject to hydrolysis) is 1. The molecule has 1 aliphatic carbocycles. The maximum absolute atomic E-state index is 11.8. The van der Waals surface area contributed by atoms with Gasteiger partial charge in [0.15, 0.2) is 0 Å². The third kappa shape index (κ3) is 3.83. The first-order chi connectivity index (χ1) is 8.77. The van der Waals surface area contributed by atoms with E-state index in [1.54, 1.807) is 0 Å². The monoisotopic (exact) mass is 272 g/mol. The summed E-state index contributed by atoms with van der Waals surface area (Å²) < 4.78 is 9.48. The van der Waals surface area contributed by atoms with Gasteiger partial charge in [-0.1, -0.05) is 13.8 Å². The Morgan fingerprint density at radius 3 is 2.37 bits per heavy atom. The summed E-state index contributed by atoms with van der Waals surface area (Å²) in [7, 11) is 2.69. The Kier molecular flexibility index (Phi) is 4.79. The highest BCUT2D eigenvalue weighted by molar-refractivity contribution is 5.73. The van der Waals surface area contributed by atoms with E-state index >= 15 is 0 Å². The Balaban J connectivity index is 2.96. The molecule has 0 aromatic rings. The number of amides is 1. The van der Waals surface area contributed by atoms with Crippen LogP contribution in [0.2, 0.25) is 0 Å². The molecule has 110 valence electrons. The molecule has 1 rings (SSSR count). The van der Waals surface area contributed by atoms with Crippen LogP contribution in [0.25, 0.3) is 0 Å². The minimum absolute atomic E-state index is 0.0997. The van der Waals surface area contributed by atoms with Crippen LogP contribution in [0.5, 0.6) is 0 Å². The normalized spacial score (nSPS) is 29.4. The molecule has 0 saturated heterocycles. The van der Waals surface area contributed by atoms with Gasteiger partial charge in [0, 0.05) is 6.54 Å². The fourth-order valence-corrected chi connectivity index (χ4v) is 3.17. The van der Waals surface area contributed by atoms with Gasteiger partial charge in [0.2, 0.25) is 0 Å². The number of nitrogens with two attached hydrogens (primary N) is 1. The van der Waals surface area contributed by atoms with Crippen LogP contribution in [-0.2, 0) is 14.3 Å². The molecular weight excluding hydrogens is 248 g/mol. The number of ether oxygens (including phenoxy) is 2. The van der Waals surface area contributed by atoms with Gasteiger partial charge in [0.1, 0.15) is 0 Å². The van der Waals surface area contributed by atoms with E-state index < -0.39 is 11.6 Å². The molecule has 1 fully saturated rings. The van der Waals surface area contributed by atoms with Gasteiger partial charge >= 0.3 is 12.1 Å². The van der Waals surface area contributed by atoms with Crippen LogP contribution in [0.15, 0.2) is 0 Å². The molecule has 0 aliphatic heterocycles. The van der Waals surface area contributed by atoms with E-state index in [0.29, 0.717) is 12.8 Å². The average molecular weight is 272 g/mol. The van der Waals surface area contributed by atoms with Crippen LogP contribution in [0.4, 0.5) is 4.79 Å². The largest absolute Gasteiger partial charge is 0.469 e. The molecule has 19 heavy (non-hydrogen) atoms. The second-order valence-electron chi connectivity index (χ2n) is 6.07. The number of carbonyl (C=O) groups is 2. The fraction of sp³-hybridized carbons (Fsp3) is 0.846. The zero-order valence-corrected chi connectivity index (χ0v) is 12.1. The lowest BCUT2D eigenvalue weighted by Crippen LogP contribution is -2.60. The van der Waals surface area contributed by atoms with Crippen molar-refractivity contribution in [2.45, 2.75) is 38.6 Å². The first kappa shape index (κ1) is 15.8. The van der Waals surface area contributed by atoms with Gasteiger partial charge in [0.05, 0.1) is 25.7 Å². The van der Waals surface area contributed by atoms with Crippen molar-refractivity contribution in [3.05, 3.63) is 0 Å². The van der Waals surface area contributed by atoms with Crippen molar-refractivity contribution >= 4 is 12.1 Å². The molecule has 2 unspecified atom stereocenters. The minimum atomic E-state index is -0.617. The molecule has 1 amide bonds. The molecule has 3 N–H and O–H groups in total. The minimum Gasteiger partial charge on any atom is -0.469 e. The van der Waals surface area contributed by atoms with E-state index in [9.17, 15) is 9.59 Å². The number of methoxy groups -OCH3 is 2. The van der Waals surface area contributed by atoms with Crippen molar-refractivity contribution in [2.75, 3.05) is 20.8 Å². The highest BCUT2D eigenvalue weighted by atomic mass is 16.5. The molecule has 2 atom stereocenters. The zero-order chi connectivity index (χ0) is 14.7. The van der Waals surface area contributed by atoms with Gasteiger partial charge in [-0.25, -0.2) is 4.79 Å². The van der Waals surface area contributed by atoms with E-state index in [-0.39, 0.29) is 23.8 Å². The molecule has 0 bridgehead atoms. The maximum atomic E-state index is 11.8. The molecule has 0 aromatic carbocycles. The van der Waals surface area contributed by atoms with Crippen LogP contribution in [-0.4, -0.2) is 38.4 Å². The predicted molar refractivity (Wildman–Crippen MR) is 70.5 cm³/mol. The van der Waals surface area contributed by atoms with Gasteiger partial charge in [-0.2, -0.15) is 0 Å². The summed E-state index contributed by atoms with van der Waals surface area (Å²) in [6.45, 7) is 4.38. The topological polar surface area (TPSA) is 90.6 Å².